The van der Waals surface area contributed by atoms with E-state index in [4.69, 9.17) is 4.74 Å². The van der Waals surface area contributed by atoms with Crippen LogP contribution in [0.5, 0.6) is 0 Å². The fourth-order valence-electron chi connectivity index (χ4n) is 3.12. The number of fused-ring (bicyclic) bond motifs is 5. The highest BCUT2D eigenvalue weighted by Crippen LogP contribution is 2.34. The molecule has 0 aromatic carbocycles. The summed E-state index contributed by atoms with van der Waals surface area (Å²) >= 11 is 0. The van der Waals surface area contributed by atoms with E-state index < -0.39 is 0 Å². The Kier molecular flexibility index (Phi) is 3.14. The normalized spacial score (nSPS) is 15.7. The molecule has 0 bridgehead atoms. The molecule has 0 unspecified atom stereocenters. The van der Waals surface area contributed by atoms with Crippen LogP contribution >= 0.6 is 0 Å². The van der Waals surface area contributed by atoms with E-state index in [0.717, 1.165) is 41.3 Å². The smallest absolute Gasteiger partial charge is 0.358 e. The third kappa shape index (κ3) is 2.03. The minimum Gasteiger partial charge on any atom is -0.461 e. The molecule has 0 saturated carbocycles. The molecule has 1 aliphatic carbocycles. The van der Waals surface area contributed by atoms with Gasteiger partial charge in [0.25, 0.3) is 0 Å². The zero-order valence-corrected chi connectivity index (χ0v) is 13.1. The number of aromatic nitrogens is 5. The molecule has 3 heterocycles. The highest BCUT2D eigenvalue weighted by atomic mass is 16.5. The SMILES string of the molecule is CCOC(=O)c1ncn2c1Cc1c(C)nnn1C1=CCCC=C12. The Morgan fingerprint density at radius 3 is 2.83 bits per heavy atom. The molecule has 0 spiro atoms. The zero-order chi connectivity index (χ0) is 16.0. The van der Waals surface area contributed by atoms with Gasteiger partial charge in [-0.3, -0.25) is 0 Å². The summed E-state index contributed by atoms with van der Waals surface area (Å²) in [7, 11) is 0. The Morgan fingerprint density at radius 2 is 2.04 bits per heavy atom. The first-order valence-electron chi connectivity index (χ1n) is 7.76. The number of esters is 1. The second kappa shape index (κ2) is 5.19. The Hall–Kier alpha value is -2.70. The summed E-state index contributed by atoms with van der Waals surface area (Å²) in [6, 6.07) is 0. The summed E-state index contributed by atoms with van der Waals surface area (Å²) < 4.78 is 9.00. The molecule has 1 aliphatic heterocycles. The first kappa shape index (κ1) is 13.9. The van der Waals surface area contributed by atoms with Crippen molar-refractivity contribution in [1.82, 2.24) is 24.5 Å². The molecule has 0 saturated heterocycles. The van der Waals surface area contributed by atoms with Crippen molar-refractivity contribution < 1.29 is 9.53 Å². The summed E-state index contributed by atoms with van der Waals surface area (Å²) in [6.45, 7) is 4.06. The van der Waals surface area contributed by atoms with Crippen LogP contribution in [0.15, 0.2) is 18.5 Å². The van der Waals surface area contributed by atoms with E-state index in [0.29, 0.717) is 18.7 Å². The molecule has 4 rings (SSSR count). The summed E-state index contributed by atoms with van der Waals surface area (Å²) in [4.78, 5) is 16.5. The molecular weight excluding hydrogens is 294 g/mol. The van der Waals surface area contributed by atoms with Gasteiger partial charge in [0.2, 0.25) is 0 Å². The van der Waals surface area contributed by atoms with Gasteiger partial charge < -0.3 is 9.30 Å². The topological polar surface area (TPSA) is 74.8 Å². The number of imidazole rings is 1. The van der Waals surface area contributed by atoms with E-state index in [9.17, 15) is 4.79 Å². The van der Waals surface area contributed by atoms with Crippen LogP contribution in [0.3, 0.4) is 0 Å². The monoisotopic (exact) mass is 311 g/mol. The number of hydrogen-bond donors (Lipinski definition) is 0. The van der Waals surface area contributed by atoms with Gasteiger partial charge in [-0.2, -0.15) is 0 Å². The van der Waals surface area contributed by atoms with Gasteiger partial charge in [-0.1, -0.05) is 17.4 Å². The lowest BCUT2D eigenvalue weighted by Gasteiger charge is -2.16. The summed E-state index contributed by atoms with van der Waals surface area (Å²) in [5, 5.41) is 8.48. The molecule has 0 radical (unpaired) electrons. The predicted octanol–water partition coefficient (Wildman–Crippen LogP) is 2.04. The third-order valence-electron chi connectivity index (χ3n) is 4.22. The van der Waals surface area contributed by atoms with Gasteiger partial charge in [0.1, 0.15) is 6.33 Å². The van der Waals surface area contributed by atoms with Crippen LogP contribution in [0.25, 0.3) is 11.4 Å². The molecule has 2 aromatic rings. The van der Waals surface area contributed by atoms with Crippen molar-refractivity contribution in [2.24, 2.45) is 0 Å². The minimum atomic E-state index is -0.387. The highest BCUT2D eigenvalue weighted by molar-refractivity contribution is 5.94. The van der Waals surface area contributed by atoms with Gasteiger partial charge in [-0.05, 0) is 26.7 Å². The molecule has 118 valence electrons. The van der Waals surface area contributed by atoms with Crippen molar-refractivity contribution in [1.29, 1.82) is 0 Å². The molecule has 7 nitrogen and oxygen atoms in total. The molecule has 7 heteroatoms. The van der Waals surface area contributed by atoms with Crippen LogP contribution in [0.1, 0.15) is 47.3 Å². The van der Waals surface area contributed by atoms with E-state index in [-0.39, 0.29) is 5.97 Å². The quantitative estimate of drug-likeness (QED) is 0.793. The van der Waals surface area contributed by atoms with E-state index in [2.05, 4.69) is 27.4 Å². The number of ether oxygens (including phenoxy) is 1. The zero-order valence-electron chi connectivity index (χ0n) is 13.1. The van der Waals surface area contributed by atoms with Crippen molar-refractivity contribution in [3.8, 4) is 0 Å². The van der Waals surface area contributed by atoms with Crippen molar-refractivity contribution in [3.63, 3.8) is 0 Å². The van der Waals surface area contributed by atoms with Crippen LogP contribution in [0, 0.1) is 6.92 Å². The molecule has 2 aromatic heterocycles. The van der Waals surface area contributed by atoms with Crippen LogP contribution < -0.4 is 0 Å². The van der Waals surface area contributed by atoms with Crippen LogP contribution in [0.2, 0.25) is 0 Å². The number of hydrogen-bond acceptors (Lipinski definition) is 5. The van der Waals surface area contributed by atoms with Gasteiger partial charge in [-0.25, -0.2) is 14.5 Å². The summed E-state index contributed by atoms with van der Waals surface area (Å²) in [5.74, 6) is -0.387. The second-order valence-corrected chi connectivity index (χ2v) is 5.60. The molecule has 0 fully saturated rings. The Bertz CT molecular complexity index is 856. The number of rotatable bonds is 2. The van der Waals surface area contributed by atoms with Gasteiger partial charge in [0.15, 0.2) is 5.69 Å². The van der Waals surface area contributed by atoms with E-state index in [1.807, 2.05) is 16.2 Å². The van der Waals surface area contributed by atoms with Crippen LogP contribution in [-0.4, -0.2) is 37.1 Å². The predicted molar refractivity (Wildman–Crippen MR) is 83.5 cm³/mol. The lowest BCUT2D eigenvalue weighted by Crippen LogP contribution is -2.10. The molecular formula is C16H17N5O2. The van der Waals surface area contributed by atoms with Crippen molar-refractivity contribution in [2.75, 3.05) is 6.61 Å². The van der Waals surface area contributed by atoms with Gasteiger partial charge in [0, 0.05) is 6.42 Å². The first-order valence-corrected chi connectivity index (χ1v) is 7.76. The maximum atomic E-state index is 12.2. The van der Waals surface area contributed by atoms with E-state index >= 15 is 0 Å². The molecule has 0 amide bonds. The van der Waals surface area contributed by atoms with Crippen LogP contribution in [0.4, 0.5) is 0 Å². The first-order chi connectivity index (χ1) is 11.2. The number of carbonyl (C=O) groups is 1. The average molecular weight is 311 g/mol. The lowest BCUT2D eigenvalue weighted by atomic mass is 10.1. The number of allylic oxidation sites excluding steroid dienone is 4. The summed E-state index contributed by atoms with van der Waals surface area (Å²) in [5.41, 5.74) is 5.03. The van der Waals surface area contributed by atoms with Crippen molar-refractivity contribution in [2.45, 2.75) is 33.1 Å². The fourth-order valence-corrected chi connectivity index (χ4v) is 3.12. The molecule has 0 atom stereocenters. The van der Waals surface area contributed by atoms with E-state index in [1.54, 1.807) is 13.3 Å². The highest BCUT2D eigenvalue weighted by Gasteiger charge is 2.29. The van der Waals surface area contributed by atoms with E-state index in [1.165, 1.54) is 0 Å². The van der Waals surface area contributed by atoms with Gasteiger partial charge in [0.05, 0.1) is 35.1 Å². The number of aryl methyl sites for hydroxylation is 1. The fraction of sp³-hybridized carbons (Fsp3) is 0.375. The number of nitrogens with zero attached hydrogens (tertiary/aromatic N) is 5. The minimum absolute atomic E-state index is 0.331. The maximum absolute atomic E-state index is 12.2. The molecule has 2 aliphatic rings. The Balaban J connectivity index is 1.93. The third-order valence-corrected chi connectivity index (χ3v) is 4.22. The average Bonchev–Trinajstić information content (AvgIpc) is 3.09. The standard InChI is InChI=1S/C16H17N5O2/c1-3-23-16(22)15-14-8-13-10(2)18-19-21(13)12-7-5-4-6-11(12)20(14)9-17-15/h6-7,9H,3-5,8H2,1-2H3. The largest absolute Gasteiger partial charge is 0.461 e. The second-order valence-electron chi connectivity index (χ2n) is 5.60. The lowest BCUT2D eigenvalue weighted by molar-refractivity contribution is 0.0519. The summed E-state index contributed by atoms with van der Waals surface area (Å²) in [6.07, 6.45) is 8.47. The molecule has 0 N–H and O–H groups in total. The van der Waals surface area contributed by atoms with Gasteiger partial charge in [-0.15, -0.1) is 5.10 Å². The van der Waals surface area contributed by atoms with Crippen molar-refractivity contribution in [3.05, 3.63) is 41.3 Å². The Labute approximate surface area is 133 Å². The van der Waals surface area contributed by atoms with Crippen LogP contribution in [-0.2, 0) is 11.2 Å². The number of carbonyl (C=O) groups excluding carboxylic acids is 1. The Morgan fingerprint density at radius 1 is 1.26 bits per heavy atom. The van der Waals surface area contributed by atoms with Gasteiger partial charge >= 0.3 is 5.97 Å². The molecule has 23 heavy (non-hydrogen) atoms. The maximum Gasteiger partial charge on any atom is 0.358 e. The van der Waals surface area contributed by atoms with Crippen molar-refractivity contribution >= 4 is 17.4 Å².